The fourth-order valence-electron chi connectivity index (χ4n) is 4.25. The minimum atomic E-state index is -0.238. The van der Waals surface area contributed by atoms with Crippen LogP contribution in [-0.4, -0.2) is 37.7 Å². The SMILES string of the molecule is Cc1noc(C)c1CC(=O)N1CCCC[C@@H]1c1nnc(-c2nccc3ccccc23)o1. The average molecular weight is 417 g/mol. The van der Waals surface area contributed by atoms with Crippen LogP contribution in [-0.2, 0) is 11.2 Å². The second-order valence-electron chi connectivity index (χ2n) is 7.90. The molecule has 4 aromatic rings. The summed E-state index contributed by atoms with van der Waals surface area (Å²) in [6.07, 6.45) is 4.74. The number of likely N-dealkylation sites (tertiary alicyclic amines) is 1. The molecule has 0 saturated carbocycles. The van der Waals surface area contributed by atoms with Crippen molar-refractivity contribution in [1.82, 2.24) is 25.2 Å². The fourth-order valence-corrected chi connectivity index (χ4v) is 4.25. The first kappa shape index (κ1) is 19.4. The Balaban J connectivity index is 1.43. The average Bonchev–Trinajstić information content (AvgIpc) is 3.41. The number of nitrogens with zero attached hydrogens (tertiary/aromatic N) is 5. The van der Waals surface area contributed by atoms with Gasteiger partial charge in [0.1, 0.15) is 17.5 Å². The second-order valence-corrected chi connectivity index (χ2v) is 7.90. The largest absolute Gasteiger partial charge is 0.417 e. The van der Waals surface area contributed by atoms with E-state index < -0.39 is 0 Å². The number of carbonyl (C=O) groups excluding carboxylic acids is 1. The molecule has 4 heterocycles. The van der Waals surface area contributed by atoms with Gasteiger partial charge in [-0.2, -0.15) is 0 Å². The van der Waals surface area contributed by atoms with Crippen molar-refractivity contribution in [3.63, 3.8) is 0 Å². The van der Waals surface area contributed by atoms with Crippen molar-refractivity contribution in [2.45, 2.75) is 45.6 Å². The monoisotopic (exact) mass is 417 g/mol. The molecule has 0 radical (unpaired) electrons. The third-order valence-corrected chi connectivity index (χ3v) is 5.93. The van der Waals surface area contributed by atoms with Crippen LogP contribution >= 0.6 is 0 Å². The number of benzene rings is 1. The van der Waals surface area contributed by atoms with Crippen molar-refractivity contribution in [3.05, 3.63) is 59.4 Å². The van der Waals surface area contributed by atoms with Crippen LogP contribution in [0.15, 0.2) is 45.5 Å². The number of aryl methyl sites for hydroxylation is 2. The van der Waals surface area contributed by atoms with Gasteiger partial charge in [0.15, 0.2) is 0 Å². The molecule has 0 spiro atoms. The van der Waals surface area contributed by atoms with Gasteiger partial charge in [-0.1, -0.05) is 29.4 Å². The highest BCUT2D eigenvalue weighted by atomic mass is 16.5. The van der Waals surface area contributed by atoms with Crippen LogP contribution < -0.4 is 0 Å². The Labute approximate surface area is 179 Å². The quantitative estimate of drug-likeness (QED) is 0.491. The van der Waals surface area contributed by atoms with Crippen LogP contribution in [0.1, 0.15) is 48.2 Å². The summed E-state index contributed by atoms with van der Waals surface area (Å²) in [5, 5.41) is 14.5. The molecule has 5 rings (SSSR count). The van der Waals surface area contributed by atoms with E-state index in [1.54, 1.807) is 6.20 Å². The highest BCUT2D eigenvalue weighted by Crippen LogP contribution is 2.33. The lowest BCUT2D eigenvalue weighted by Gasteiger charge is -2.33. The smallest absolute Gasteiger partial charge is 0.267 e. The van der Waals surface area contributed by atoms with Crippen LogP contribution in [0.25, 0.3) is 22.4 Å². The maximum atomic E-state index is 13.2. The summed E-state index contributed by atoms with van der Waals surface area (Å²) in [7, 11) is 0. The van der Waals surface area contributed by atoms with Crippen LogP contribution in [0.5, 0.6) is 0 Å². The summed E-state index contributed by atoms with van der Waals surface area (Å²) in [5.74, 6) is 1.52. The van der Waals surface area contributed by atoms with Crippen molar-refractivity contribution < 1.29 is 13.7 Å². The number of carbonyl (C=O) groups is 1. The van der Waals surface area contributed by atoms with Gasteiger partial charge in [-0.05, 0) is 44.6 Å². The molecule has 8 heteroatoms. The second kappa shape index (κ2) is 7.94. The third-order valence-electron chi connectivity index (χ3n) is 5.93. The molecule has 0 unspecified atom stereocenters. The number of hydrogen-bond donors (Lipinski definition) is 0. The van der Waals surface area contributed by atoms with Gasteiger partial charge in [-0.25, -0.2) is 0 Å². The zero-order chi connectivity index (χ0) is 21.4. The Bertz CT molecular complexity index is 1220. The van der Waals surface area contributed by atoms with Crippen LogP contribution in [0.4, 0.5) is 0 Å². The normalized spacial score (nSPS) is 16.7. The molecule has 8 nitrogen and oxygen atoms in total. The summed E-state index contributed by atoms with van der Waals surface area (Å²) in [6.45, 7) is 4.35. The third kappa shape index (κ3) is 3.58. The van der Waals surface area contributed by atoms with Gasteiger partial charge in [-0.15, -0.1) is 10.2 Å². The van der Waals surface area contributed by atoms with E-state index in [1.807, 2.05) is 49.1 Å². The molecule has 158 valence electrons. The van der Waals surface area contributed by atoms with Gasteiger partial charge in [0.05, 0.1) is 12.1 Å². The zero-order valence-corrected chi connectivity index (χ0v) is 17.5. The van der Waals surface area contributed by atoms with Gasteiger partial charge < -0.3 is 13.8 Å². The van der Waals surface area contributed by atoms with Crippen molar-refractivity contribution in [1.29, 1.82) is 0 Å². The Morgan fingerprint density at radius 2 is 2.03 bits per heavy atom. The molecule has 1 amide bonds. The summed E-state index contributed by atoms with van der Waals surface area (Å²) in [4.78, 5) is 19.5. The van der Waals surface area contributed by atoms with Crippen molar-refractivity contribution in [2.24, 2.45) is 0 Å². The van der Waals surface area contributed by atoms with Crippen LogP contribution in [0, 0.1) is 13.8 Å². The van der Waals surface area contributed by atoms with E-state index in [2.05, 4.69) is 20.3 Å². The van der Waals surface area contributed by atoms with Crippen molar-refractivity contribution >= 4 is 16.7 Å². The molecule has 1 atom stereocenters. The molecule has 0 aliphatic carbocycles. The van der Waals surface area contributed by atoms with E-state index >= 15 is 0 Å². The number of piperidine rings is 1. The zero-order valence-electron chi connectivity index (χ0n) is 17.5. The van der Waals surface area contributed by atoms with Crippen molar-refractivity contribution in [3.8, 4) is 11.6 Å². The minimum Gasteiger partial charge on any atom is -0.417 e. The molecular weight excluding hydrogens is 394 g/mol. The Hall–Kier alpha value is -3.55. The molecule has 1 fully saturated rings. The Kier molecular flexibility index (Phi) is 4.97. The first-order valence-electron chi connectivity index (χ1n) is 10.5. The minimum absolute atomic E-state index is 0.0159. The summed E-state index contributed by atoms with van der Waals surface area (Å²) < 4.78 is 11.3. The standard InChI is InChI=1S/C23H23N5O3/c1-14-18(15(2)31-27-14)13-20(29)28-12-6-5-9-19(28)22-25-26-23(30-22)21-17-8-4-3-7-16(17)10-11-24-21/h3-4,7-8,10-11,19H,5-6,9,12-13H2,1-2H3/t19-/m1/s1. The molecule has 1 aliphatic rings. The number of aromatic nitrogens is 4. The summed E-state index contributed by atoms with van der Waals surface area (Å²) in [6, 6.07) is 9.66. The first-order valence-corrected chi connectivity index (χ1v) is 10.5. The van der Waals surface area contributed by atoms with Gasteiger partial charge in [0, 0.05) is 23.7 Å². The summed E-state index contributed by atoms with van der Waals surface area (Å²) in [5.41, 5.74) is 2.25. The van der Waals surface area contributed by atoms with Gasteiger partial charge >= 0.3 is 0 Å². The summed E-state index contributed by atoms with van der Waals surface area (Å²) >= 11 is 0. The number of pyridine rings is 1. The van der Waals surface area contributed by atoms with E-state index in [4.69, 9.17) is 8.94 Å². The predicted octanol–water partition coefficient (Wildman–Crippen LogP) is 4.19. The maximum absolute atomic E-state index is 13.2. The van der Waals surface area contributed by atoms with Gasteiger partial charge in [0.2, 0.25) is 11.8 Å². The molecule has 0 N–H and O–H groups in total. The lowest BCUT2D eigenvalue weighted by Crippen LogP contribution is -2.39. The van der Waals surface area contributed by atoms with E-state index in [9.17, 15) is 4.79 Å². The number of amides is 1. The predicted molar refractivity (Wildman–Crippen MR) is 113 cm³/mol. The number of rotatable bonds is 4. The van der Waals surface area contributed by atoms with E-state index in [0.717, 1.165) is 41.3 Å². The van der Waals surface area contributed by atoms with Crippen LogP contribution in [0.2, 0.25) is 0 Å². The van der Waals surface area contributed by atoms with Gasteiger partial charge in [0.25, 0.3) is 5.89 Å². The molecule has 3 aromatic heterocycles. The van der Waals surface area contributed by atoms with Gasteiger partial charge in [-0.3, -0.25) is 9.78 Å². The fraction of sp³-hybridized carbons (Fsp3) is 0.348. The lowest BCUT2D eigenvalue weighted by atomic mass is 10.0. The van der Waals surface area contributed by atoms with E-state index in [1.165, 1.54) is 0 Å². The lowest BCUT2D eigenvalue weighted by molar-refractivity contribution is -0.134. The van der Waals surface area contributed by atoms with E-state index in [0.29, 0.717) is 29.8 Å². The maximum Gasteiger partial charge on any atom is 0.267 e. The number of fused-ring (bicyclic) bond motifs is 1. The topological polar surface area (TPSA) is 98.2 Å². The molecule has 31 heavy (non-hydrogen) atoms. The first-order chi connectivity index (χ1) is 15.1. The van der Waals surface area contributed by atoms with Crippen LogP contribution in [0.3, 0.4) is 0 Å². The Morgan fingerprint density at radius 1 is 1.16 bits per heavy atom. The number of hydrogen-bond acceptors (Lipinski definition) is 7. The highest BCUT2D eigenvalue weighted by molar-refractivity contribution is 5.92. The molecular formula is C23H23N5O3. The highest BCUT2D eigenvalue weighted by Gasteiger charge is 2.33. The molecule has 1 saturated heterocycles. The molecule has 0 bridgehead atoms. The van der Waals surface area contributed by atoms with E-state index in [-0.39, 0.29) is 18.4 Å². The molecule has 1 aliphatic heterocycles. The molecule has 1 aromatic carbocycles. The Morgan fingerprint density at radius 3 is 2.87 bits per heavy atom. The van der Waals surface area contributed by atoms with Crippen molar-refractivity contribution in [2.75, 3.05) is 6.54 Å².